The Bertz CT molecular complexity index is 495. The second-order valence-electron chi connectivity index (χ2n) is 3.91. The van der Waals surface area contributed by atoms with E-state index in [9.17, 15) is 4.39 Å². The van der Waals surface area contributed by atoms with Gasteiger partial charge in [0.05, 0.1) is 24.1 Å². The highest BCUT2D eigenvalue weighted by atomic mass is 19.1. The zero-order chi connectivity index (χ0) is 12.3. The summed E-state index contributed by atoms with van der Waals surface area (Å²) in [6, 6.07) is 6.71. The summed E-state index contributed by atoms with van der Waals surface area (Å²) in [4.78, 5) is 1.85. The largest absolute Gasteiger partial charge is 0.396 e. The van der Waals surface area contributed by atoms with Gasteiger partial charge in [0.1, 0.15) is 5.82 Å². The van der Waals surface area contributed by atoms with Crippen molar-refractivity contribution in [2.24, 2.45) is 0 Å². The van der Waals surface area contributed by atoms with Crippen LogP contribution in [0.1, 0.15) is 0 Å². The number of nitrogens with two attached hydrogens (primary N) is 1. The Morgan fingerprint density at radius 3 is 2.82 bits per heavy atom. The minimum absolute atomic E-state index is 0.213. The van der Waals surface area contributed by atoms with E-state index in [0.29, 0.717) is 24.5 Å². The van der Waals surface area contributed by atoms with E-state index in [1.165, 1.54) is 6.07 Å². The van der Waals surface area contributed by atoms with E-state index in [2.05, 4.69) is 5.10 Å². The molecule has 0 atom stereocenters. The van der Waals surface area contributed by atoms with Crippen molar-refractivity contribution in [2.75, 3.05) is 24.2 Å². The van der Waals surface area contributed by atoms with Gasteiger partial charge in [-0.15, -0.1) is 0 Å². The second kappa shape index (κ2) is 4.86. The normalized spacial score (nSPS) is 10.5. The van der Waals surface area contributed by atoms with Crippen molar-refractivity contribution >= 4 is 11.4 Å². The molecule has 0 aliphatic carbocycles. The van der Waals surface area contributed by atoms with Gasteiger partial charge >= 0.3 is 0 Å². The van der Waals surface area contributed by atoms with Crippen LogP contribution in [0, 0.1) is 5.82 Å². The van der Waals surface area contributed by atoms with E-state index >= 15 is 0 Å². The standard InChI is InChI=1S/C12H15FN4/c1-16(12-5-3-2-4-11(12)13)6-7-17-9-10(14)8-15-17/h2-5,8-9H,6-7,14H2,1H3. The molecule has 0 amide bonds. The van der Waals surface area contributed by atoms with Crippen molar-refractivity contribution in [2.45, 2.75) is 6.54 Å². The molecule has 0 fully saturated rings. The molecule has 2 aromatic rings. The first-order valence-corrected chi connectivity index (χ1v) is 5.40. The van der Waals surface area contributed by atoms with Gasteiger partial charge in [0.25, 0.3) is 0 Å². The fourth-order valence-corrected chi connectivity index (χ4v) is 1.64. The zero-order valence-electron chi connectivity index (χ0n) is 9.68. The smallest absolute Gasteiger partial charge is 0.146 e. The van der Waals surface area contributed by atoms with Gasteiger partial charge in [-0.05, 0) is 12.1 Å². The molecule has 0 saturated carbocycles. The molecule has 2 rings (SSSR count). The van der Waals surface area contributed by atoms with Crippen LogP contribution in [0.4, 0.5) is 15.8 Å². The molecule has 90 valence electrons. The molecule has 0 unspecified atom stereocenters. The maximum atomic E-state index is 13.5. The molecular formula is C12H15FN4. The number of halogens is 1. The summed E-state index contributed by atoms with van der Waals surface area (Å²) in [5.41, 5.74) is 6.79. The number of aromatic nitrogens is 2. The Hall–Kier alpha value is -2.04. The van der Waals surface area contributed by atoms with Gasteiger partial charge in [-0.1, -0.05) is 12.1 Å². The van der Waals surface area contributed by atoms with E-state index in [-0.39, 0.29) is 5.82 Å². The SMILES string of the molecule is CN(CCn1cc(N)cn1)c1ccccc1F. The third kappa shape index (κ3) is 2.75. The van der Waals surface area contributed by atoms with Crippen LogP contribution < -0.4 is 10.6 Å². The van der Waals surface area contributed by atoms with Gasteiger partial charge in [-0.2, -0.15) is 5.10 Å². The number of hydrogen-bond acceptors (Lipinski definition) is 3. The fraction of sp³-hybridized carbons (Fsp3) is 0.250. The third-order valence-electron chi connectivity index (χ3n) is 2.58. The lowest BCUT2D eigenvalue weighted by atomic mass is 10.3. The highest BCUT2D eigenvalue weighted by molar-refractivity contribution is 5.46. The first-order chi connectivity index (χ1) is 8.16. The van der Waals surface area contributed by atoms with Crippen LogP contribution in [0.25, 0.3) is 0 Å². The van der Waals surface area contributed by atoms with Gasteiger partial charge in [0, 0.05) is 19.8 Å². The molecule has 1 heterocycles. The molecule has 4 nitrogen and oxygen atoms in total. The first-order valence-electron chi connectivity index (χ1n) is 5.40. The number of rotatable bonds is 4. The summed E-state index contributed by atoms with van der Waals surface area (Å²) in [5, 5.41) is 4.08. The fourth-order valence-electron chi connectivity index (χ4n) is 1.64. The lowest BCUT2D eigenvalue weighted by molar-refractivity contribution is 0.592. The molecule has 1 aromatic carbocycles. The number of nitrogens with zero attached hydrogens (tertiary/aromatic N) is 3. The van der Waals surface area contributed by atoms with E-state index in [1.807, 2.05) is 18.0 Å². The average molecular weight is 234 g/mol. The van der Waals surface area contributed by atoms with Crippen molar-refractivity contribution < 1.29 is 4.39 Å². The molecule has 0 bridgehead atoms. The number of benzene rings is 1. The average Bonchev–Trinajstić information content (AvgIpc) is 2.73. The quantitative estimate of drug-likeness (QED) is 0.876. The van der Waals surface area contributed by atoms with Crippen LogP contribution in [-0.2, 0) is 6.54 Å². The minimum atomic E-state index is -0.213. The van der Waals surface area contributed by atoms with Gasteiger partial charge in [-0.25, -0.2) is 4.39 Å². The van der Waals surface area contributed by atoms with Gasteiger partial charge in [0.2, 0.25) is 0 Å². The molecule has 2 N–H and O–H groups in total. The Balaban J connectivity index is 1.98. The van der Waals surface area contributed by atoms with Crippen LogP contribution in [0.15, 0.2) is 36.7 Å². The van der Waals surface area contributed by atoms with Crippen LogP contribution in [0.5, 0.6) is 0 Å². The third-order valence-corrected chi connectivity index (χ3v) is 2.58. The summed E-state index contributed by atoms with van der Waals surface area (Å²) in [7, 11) is 1.85. The highest BCUT2D eigenvalue weighted by Crippen LogP contribution is 2.16. The zero-order valence-corrected chi connectivity index (χ0v) is 9.68. The summed E-state index contributed by atoms with van der Waals surface area (Å²) < 4.78 is 15.2. The second-order valence-corrected chi connectivity index (χ2v) is 3.91. The Kier molecular flexibility index (Phi) is 3.27. The molecule has 0 spiro atoms. The lowest BCUT2D eigenvalue weighted by Crippen LogP contribution is -2.23. The van der Waals surface area contributed by atoms with Crippen molar-refractivity contribution in [1.29, 1.82) is 0 Å². The van der Waals surface area contributed by atoms with Crippen LogP contribution in [0.3, 0.4) is 0 Å². The van der Waals surface area contributed by atoms with Crippen molar-refractivity contribution in [3.63, 3.8) is 0 Å². The number of para-hydroxylation sites is 1. The van der Waals surface area contributed by atoms with Gasteiger partial charge in [0.15, 0.2) is 0 Å². The molecule has 0 aliphatic rings. The maximum absolute atomic E-state index is 13.5. The minimum Gasteiger partial charge on any atom is -0.396 e. The van der Waals surface area contributed by atoms with Gasteiger partial charge < -0.3 is 10.6 Å². The lowest BCUT2D eigenvalue weighted by Gasteiger charge is -2.19. The number of nitrogen functional groups attached to an aromatic ring is 1. The molecule has 0 saturated heterocycles. The van der Waals surface area contributed by atoms with Crippen LogP contribution >= 0.6 is 0 Å². The maximum Gasteiger partial charge on any atom is 0.146 e. The number of hydrogen-bond donors (Lipinski definition) is 1. The number of likely N-dealkylation sites (N-methyl/N-ethyl adjacent to an activating group) is 1. The molecule has 0 radical (unpaired) electrons. The summed E-state index contributed by atoms with van der Waals surface area (Å²) in [6.07, 6.45) is 3.36. The first kappa shape index (κ1) is 11.4. The highest BCUT2D eigenvalue weighted by Gasteiger charge is 2.06. The van der Waals surface area contributed by atoms with Crippen LogP contribution in [-0.4, -0.2) is 23.4 Å². The summed E-state index contributed by atoms with van der Waals surface area (Å²) in [5.74, 6) is -0.213. The predicted octanol–water partition coefficient (Wildman–Crippen LogP) is 1.74. The Morgan fingerprint density at radius 2 is 2.18 bits per heavy atom. The predicted molar refractivity (Wildman–Crippen MR) is 66.3 cm³/mol. The van der Waals surface area contributed by atoms with E-state index in [0.717, 1.165) is 0 Å². The molecule has 1 aromatic heterocycles. The summed E-state index contributed by atoms with van der Waals surface area (Å²) in [6.45, 7) is 1.34. The Morgan fingerprint density at radius 1 is 1.41 bits per heavy atom. The topological polar surface area (TPSA) is 47.1 Å². The van der Waals surface area contributed by atoms with Crippen molar-refractivity contribution in [3.05, 3.63) is 42.5 Å². The monoisotopic (exact) mass is 234 g/mol. The number of anilines is 2. The van der Waals surface area contributed by atoms with Crippen molar-refractivity contribution in [1.82, 2.24) is 9.78 Å². The van der Waals surface area contributed by atoms with Gasteiger partial charge in [-0.3, -0.25) is 4.68 Å². The molecule has 5 heteroatoms. The Labute approximate surface area is 99.5 Å². The summed E-state index contributed by atoms with van der Waals surface area (Å²) >= 11 is 0. The van der Waals surface area contributed by atoms with E-state index < -0.39 is 0 Å². The molecule has 0 aliphatic heterocycles. The van der Waals surface area contributed by atoms with E-state index in [4.69, 9.17) is 5.73 Å². The van der Waals surface area contributed by atoms with E-state index in [1.54, 1.807) is 29.2 Å². The molecule has 17 heavy (non-hydrogen) atoms. The van der Waals surface area contributed by atoms with Crippen molar-refractivity contribution in [3.8, 4) is 0 Å². The van der Waals surface area contributed by atoms with Crippen LogP contribution in [0.2, 0.25) is 0 Å². The molecular weight excluding hydrogens is 219 g/mol.